The molecule has 29 heavy (non-hydrogen) atoms. The zero-order valence-electron chi connectivity index (χ0n) is 16.1. The average Bonchev–Trinajstić information content (AvgIpc) is 3.42. The highest BCUT2D eigenvalue weighted by atomic mass is 35.5. The SMILES string of the molecule is Clc1ccc(-c2cnc(-c3ccc(N4CCN(CC5CC5)CC4)nc3)[nH]2)cc1Cl. The first-order chi connectivity index (χ1) is 14.2. The number of aromatic amines is 1. The van der Waals surface area contributed by atoms with E-state index in [-0.39, 0.29) is 0 Å². The van der Waals surface area contributed by atoms with E-state index in [9.17, 15) is 0 Å². The lowest BCUT2D eigenvalue weighted by molar-refractivity contribution is 0.247. The molecule has 2 aliphatic rings. The van der Waals surface area contributed by atoms with Crippen LogP contribution in [0.3, 0.4) is 0 Å². The molecule has 1 aliphatic carbocycles. The quantitative estimate of drug-likeness (QED) is 0.623. The Morgan fingerprint density at radius 2 is 1.69 bits per heavy atom. The number of benzene rings is 1. The first-order valence-electron chi connectivity index (χ1n) is 10.1. The molecule has 0 spiro atoms. The number of aromatic nitrogens is 3. The molecule has 1 saturated heterocycles. The summed E-state index contributed by atoms with van der Waals surface area (Å²) in [6.07, 6.45) is 6.54. The van der Waals surface area contributed by atoms with Gasteiger partial charge in [-0.3, -0.25) is 4.90 Å². The Morgan fingerprint density at radius 1 is 0.897 bits per heavy atom. The Kier molecular flexibility index (Phi) is 5.20. The molecule has 1 saturated carbocycles. The second kappa shape index (κ2) is 7.98. The second-order valence-corrected chi connectivity index (χ2v) is 8.72. The van der Waals surface area contributed by atoms with Gasteiger partial charge in [0, 0.05) is 50.0 Å². The van der Waals surface area contributed by atoms with Crippen LogP contribution in [0.1, 0.15) is 12.8 Å². The Morgan fingerprint density at radius 3 is 2.38 bits per heavy atom. The van der Waals surface area contributed by atoms with Crippen molar-refractivity contribution in [1.82, 2.24) is 19.9 Å². The van der Waals surface area contributed by atoms with E-state index >= 15 is 0 Å². The Balaban J connectivity index is 1.26. The van der Waals surface area contributed by atoms with Gasteiger partial charge in [0.15, 0.2) is 0 Å². The van der Waals surface area contributed by atoms with Crippen LogP contribution in [0.5, 0.6) is 0 Å². The average molecular weight is 428 g/mol. The predicted molar refractivity (Wildman–Crippen MR) is 119 cm³/mol. The number of piperazine rings is 1. The van der Waals surface area contributed by atoms with Crippen LogP contribution in [0, 0.1) is 5.92 Å². The van der Waals surface area contributed by atoms with Crippen LogP contribution in [-0.2, 0) is 0 Å². The number of rotatable bonds is 5. The predicted octanol–water partition coefficient (Wildman–Crippen LogP) is 4.98. The van der Waals surface area contributed by atoms with Crippen LogP contribution in [0.2, 0.25) is 10.0 Å². The van der Waals surface area contributed by atoms with Crippen molar-refractivity contribution in [2.24, 2.45) is 5.92 Å². The van der Waals surface area contributed by atoms with Gasteiger partial charge in [-0.15, -0.1) is 0 Å². The maximum Gasteiger partial charge on any atom is 0.139 e. The molecule has 150 valence electrons. The fraction of sp³-hybridized carbons (Fsp3) is 0.364. The number of pyridine rings is 1. The summed E-state index contributed by atoms with van der Waals surface area (Å²) in [5, 5.41) is 1.08. The smallest absolute Gasteiger partial charge is 0.139 e. The van der Waals surface area contributed by atoms with Crippen molar-refractivity contribution in [3.8, 4) is 22.6 Å². The molecule has 1 N–H and O–H groups in total. The molecule has 3 heterocycles. The molecular formula is C22H23Cl2N5. The summed E-state index contributed by atoms with van der Waals surface area (Å²) in [4.78, 5) is 17.5. The van der Waals surface area contributed by atoms with Crippen molar-refractivity contribution < 1.29 is 0 Å². The molecule has 0 bridgehead atoms. The van der Waals surface area contributed by atoms with Gasteiger partial charge in [0.1, 0.15) is 11.6 Å². The van der Waals surface area contributed by atoms with E-state index in [1.165, 1.54) is 19.4 Å². The largest absolute Gasteiger partial charge is 0.354 e. The van der Waals surface area contributed by atoms with Crippen LogP contribution in [-0.4, -0.2) is 52.6 Å². The third-order valence-electron chi connectivity index (χ3n) is 5.74. The molecule has 0 radical (unpaired) electrons. The summed E-state index contributed by atoms with van der Waals surface area (Å²) in [5.41, 5.74) is 2.81. The molecule has 2 fully saturated rings. The number of hydrogen-bond donors (Lipinski definition) is 1. The Labute approximate surface area is 180 Å². The van der Waals surface area contributed by atoms with Gasteiger partial charge in [-0.1, -0.05) is 29.3 Å². The van der Waals surface area contributed by atoms with Crippen LogP contribution >= 0.6 is 23.2 Å². The second-order valence-electron chi connectivity index (χ2n) is 7.91. The summed E-state index contributed by atoms with van der Waals surface area (Å²) < 4.78 is 0. The standard InChI is InChI=1S/C22H23Cl2N5/c23-18-5-3-16(11-19(18)24)20-13-26-22(27-20)17-4-6-21(25-12-17)29-9-7-28(8-10-29)14-15-1-2-15/h3-6,11-13,15H,1-2,7-10,14H2,(H,26,27). The van der Waals surface area contributed by atoms with Gasteiger partial charge in [0.25, 0.3) is 0 Å². The molecule has 5 nitrogen and oxygen atoms in total. The summed E-state index contributed by atoms with van der Waals surface area (Å²) in [6.45, 7) is 5.62. The van der Waals surface area contributed by atoms with Gasteiger partial charge < -0.3 is 9.88 Å². The van der Waals surface area contributed by atoms with Crippen molar-refractivity contribution in [2.45, 2.75) is 12.8 Å². The monoisotopic (exact) mass is 427 g/mol. The Bertz CT molecular complexity index is 989. The lowest BCUT2D eigenvalue weighted by atomic mass is 10.2. The zero-order valence-corrected chi connectivity index (χ0v) is 17.6. The highest BCUT2D eigenvalue weighted by Gasteiger charge is 2.26. The van der Waals surface area contributed by atoms with E-state index in [4.69, 9.17) is 28.2 Å². The number of nitrogens with one attached hydrogen (secondary N) is 1. The molecule has 3 aromatic rings. The van der Waals surface area contributed by atoms with E-state index in [2.05, 4.69) is 31.9 Å². The highest BCUT2D eigenvalue weighted by Crippen LogP contribution is 2.31. The van der Waals surface area contributed by atoms with E-state index in [1.807, 2.05) is 24.5 Å². The topological polar surface area (TPSA) is 48.1 Å². The molecule has 0 unspecified atom stereocenters. The van der Waals surface area contributed by atoms with Crippen LogP contribution < -0.4 is 4.90 Å². The van der Waals surface area contributed by atoms with E-state index in [1.54, 1.807) is 6.07 Å². The maximum absolute atomic E-state index is 6.13. The zero-order chi connectivity index (χ0) is 19.8. The summed E-state index contributed by atoms with van der Waals surface area (Å²) >= 11 is 12.1. The first kappa shape index (κ1) is 18.9. The minimum atomic E-state index is 0.531. The molecule has 0 atom stereocenters. The molecule has 1 aliphatic heterocycles. The lowest BCUT2D eigenvalue weighted by Crippen LogP contribution is -2.47. The van der Waals surface area contributed by atoms with Gasteiger partial charge in [0.05, 0.1) is 21.9 Å². The lowest BCUT2D eigenvalue weighted by Gasteiger charge is -2.35. The first-order valence-corrected chi connectivity index (χ1v) is 10.9. The van der Waals surface area contributed by atoms with Crippen LogP contribution in [0.4, 0.5) is 5.82 Å². The highest BCUT2D eigenvalue weighted by molar-refractivity contribution is 6.42. The van der Waals surface area contributed by atoms with Crippen molar-refractivity contribution >= 4 is 29.0 Å². The fourth-order valence-electron chi connectivity index (χ4n) is 3.82. The molecule has 7 heteroatoms. The summed E-state index contributed by atoms with van der Waals surface area (Å²) in [5.74, 6) is 2.79. The molecule has 0 amide bonds. The van der Waals surface area contributed by atoms with E-state index < -0.39 is 0 Å². The van der Waals surface area contributed by atoms with Gasteiger partial charge in [-0.25, -0.2) is 9.97 Å². The van der Waals surface area contributed by atoms with Gasteiger partial charge >= 0.3 is 0 Å². The molecule has 1 aromatic carbocycles. The van der Waals surface area contributed by atoms with Gasteiger partial charge in [-0.2, -0.15) is 0 Å². The van der Waals surface area contributed by atoms with Crippen molar-refractivity contribution in [1.29, 1.82) is 0 Å². The van der Waals surface area contributed by atoms with E-state index in [0.717, 1.165) is 60.6 Å². The number of H-pyrrole nitrogens is 1. The molecular weight excluding hydrogens is 405 g/mol. The molecule has 2 aromatic heterocycles. The third kappa shape index (κ3) is 4.27. The number of anilines is 1. The van der Waals surface area contributed by atoms with Crippen molar-refractivity contribution in [3.05, 3.63) is 52.8 Å². The molecule has 5 rings (SSSR count). The number of halogens is 2. The van der Waals surface area contributed by atoms with Gasteiger partial charge in [-0.05, 0) is 43.0 Å². The fourth-order valence-corrected chi connectivity index (χ4v) is 4.11. The summed E-state index contributed by atoms with van der Waals surface area (Å²) in [7, 11) is 0. The Hall–Kier alpha value is -2.08. The van der Waals surface area contributed by atoms with Crippen LogP contribution in [0.15, 0.2) is 42.7 Å². The maximum atomic E-state index is 6.13. The van der Waals surface area contributed by atoms with Crippen molar-refractivity contribution in [2.75, 3.05) is 37.6 Å². The third-order valence-corrected chi connectivity index (χ3v) is 6.48. The normalized spacial score (nSPS) is 17.7. The van der Waals surface area contributed by atoms with E-state index in [0.29, 0.717) is 10.0 Å². The van der Waals surface area contributed by atoms with Crippen LogP contribution in [0.25, 0.3) is 22.6 Å². The summed E-state index contributed by atoms with van der Waals surface area (Å²) in [6, 6.07) is 9.73. The number of hydrogen-bond acceptors (Lipinski definition) is 4. The number of nitrogens with zero attached hydrogens (tertiary/aromatic N) is 4. The van der Waals surface area contributed by atoms with Gasteiger partial charge in [0.2, 0.25) is 0 Å². The minimum Gasteiger partial charge on any atom is -0.354 e. The number of imidazole rings is 1. The van der Waals surface area contributed by atoms with Crippen molar-refractivity contribution in [3.63, 3.8) is 0 Å². The minimum absolute atomic E-state index is 0.531.